The number of ether oxygens (including phenoxy) is 1. The number of halogens is 1. The first-order valence-electron chi connectivity index (χ1n) is 7.20. The summed E-state index contributed by atoms with van der Waals surface area (Å²) in [5, 5.41) is 0.548. The Hall–Kier alpha value is -1.41. The molecule has 22 heavy (non-hydrogen) atoms. The summed E-state index contributed by atoms with van der Waals surface area (Å²) in [6, 6.07) is 5.50. The normalized spacial score (nSPS) is 22.0. The fraction of sp³-hybridized carbons (Fsp3) is 0.375. The van der Waals surface area contributed by atoms with E-state index in [9.17, 15) is 9.59 Å². The van der Waals surface area contributed by atoms with Crippen molar-refractivity contribution in [2.24, 2.45) is 0 Å². The van der Waals surface area contributed by atoms with Crippen molar-refractivity contribution in [3.05, 3.63) is 43.8 Å². The molecule has 1 N–H and O–H groups in total. The summed E-state index contributed by atoms with van der Waals surface area (Å²) in [4.78, 5) is 30.3. The third kappa shape index (κ3) is 2.65. The zero-order valence-electron chi connectivity index (χ0n) is 12.4. The van der Waals surface area contributed by atoms with E-state index in [1.54, 1.807) is 11.0 Å². The van der Waals surface area contributed by atoms with Crippen LogP contribution in [-0.2, 0) is 4.74 Å². The molecule has 116 valence electrons. The molecule has 1 aromatic heterocycles. The summed E-state index contributed by atoms with van der Waals surface area (Å²) < 4.78 is 6.41. The molecule has 2 heterocycles. The number of aromatic nitrogens is 1. The van der Waals surface area contributed by atoms with Gasteiger partial charge in [0.15, 0.2) is 0 Å². The molecule has 1 fully saturated rings. The maximum atomic E-state index is 12.8. The van der Waals surface area contributed by atoms with Crippen LogP contribution in [0.4, 0.5) is 0 Å². The fourth-order valence-corrected chi connectivity index (χ4v) is 3.38. The van der Waals surface area contributed by atoms with Crippen molar-refractivity contribution < 1.29 is 9.53 Å². The van der Waals surface area contributed by atoms with Crippen LogP contribution in [0.15, 0.2) is 29.2 Å². The largest absolute Gasteiger partial charge is 0.377 e. The molecular formula is C16H17IN2O3. The summed E-state index contributed by atoms with van der Waals surface area (Å²) in [6.07, 6.45) is 1.52. The topological polar surface area (TPSA) is 62.4 Å². The van der Waals surface area contributed by atoms with Gasteiger partial charge in [-0.25, -0.2) is 0 Å². The van der Waals surface area contributed by atoms with E-state index in [-0.39, 0.29) is 29.0 Å². The van der Waals surface area contributed by atoms with E-state index < -0.39 is 0 Å². The minimum absolute atomic E-state index is 0.0396. The third-order valence-electron chi connectivity index (χ3n) is 3.98. The van der Waals surface area contributed by atoms with E-state index in [1.165, 1.54) is 6.20 Å². The quantitative estimate of drug-likeness (QED) is 0.732. The number of H-pyrrole nitrogens is 1. The number of hydrogen-bond donors (Lipinski definition) is 1. The number of rotatable bonds is 1. The van der Waals surface area contributed by atoms with Crippen molar-refractivity contribution in [2.75, 3.05) is 13.2 Å². The molecule has 1 aliphatic heterocycles. The number of fused-ring (bicyclic) bond motifs is 1. The second kappa shape index (κ2) is 6.00. The molecule has 5 nitrogen and oxygen atoms in total. The molecule has 0 spiro atoms. The van der Waals surface area contributed by atoms with Crippen LogP contribution in [0, 0.1) is 3.57 Å². The Labute approximate surface area is 141 Å². The number of pyridine rings is 1. The number of carbonyl (C=O) groups is 1. The van der Waals surface area contributed by atoms with Gasteiger partial charge >= 0.3 is 0 Å². The number of carbonyl (C=O) groups excluding carboxylic acids is 1. The average molecular weight is 412 g/mol. The van der Waals surface area contributed by atoms with Crippen molar-refractivity contribution in [2.45, 2.75) is 25.9 Å². The van der Waals surface area contributed by atoms with Crippen LogP contribution < -0.4 is 5.43 Å². The second-order valence-corrected chi connectivity index (χ2v) is 6.91. The standard InChI is InChI=1S/C16H17IN2O3/c1-9-7-22-8-10(2)19(9)16(21)13-6-18-14-4-3-11(17)5-12(14)15(13)20/h3-6,9-10H,7-8H2,1-2H3,(H,18,20)/t9-,10+. The number of morpholine rings is 1. The molecular weight excluding hydrogens is 395 g/mol. The lowest BCUT2D eigenvalue weighted by Gasteiger charge is -2.38. The van der Waals surface area contributed by atoms with Crippen molar-refractivity contribution in [3.63, 3.8) is 0 Å². The lowest BCUT2D eigenvalue weighted by molar-refractivity contribution is -0.0250. The predicted molar refractivity (Wildman–Crippen MR) is 93.2 cm³/mol. The van der Waals surface area contributed by atoms with E-state index in [4.69, 9.17) is 4.74 Å². The van der Waals surface area contributed by atoms with Gasteiger partial charge in [0.1, 0.15) is 5.56 Å². The molecule has 1 saturated heterocycles. The first-order chi connectivity index (χ1) is 10.5. The van der Waals surface area contributed by atoms with Gasteiger partial charge in [-0.2, -0.15) is 0 Å². The average Bonchev–Trinajstić information content (AvgIpc) is 2.48. The van der Waals surface area contributed by atoms with Crippen LogP contribution in [0.3, 0.4) is 0 Å². The number of nitrogens with one attached hydrogen (secondary N) is 1. The summed E-state index contributed by atoms with van der Waals surface area (Å²) in [5.41, 5.74) is 0.711. The van der Waals surface area contributed by atoms with Crippen LogP contribution >= 0.6 is 22.6 Å². The van der Waals surface area contributed by atoms with Gasteiger partial charge in [0, 0.05) is 20.7 Å². The maximum Gasteiger partial charge on any atom is 0.259 e. The van der Waals surface area contributed by atoms with E-state index in [0.717, 1.165) is 9.09 Å². The van der Waals surface area contributed by atoms with Gasteiger partial charge in [-0.1, -0.05) is 0 Å². The lowest BCUT2D eigenvalue weighted by atomic mass is 10.1. The van der Waals surface area contributed by atoms with Crippen LogP contribution in [0.2, 0.25) is 0 Å². The minimum Gasteiger partial charge on any atom is -0.377 e. The van der Waals surface area contributed by atoms with Gasteiger partial charge in [-0.15, -0.1) is 0 Å². The highest BCUT2D eigenvalue weighted by molar-refractivity contribution is 14.1. The van der Waals surface area contributed by atoms with E-state index in [2.05, 4.69) is 27.6 Å². The Morgan fingerprint density at radius 1 is 1.32 bits per heavy atom. The van der Waals surface area contributed by atoms with Crippen LogP contribution in [0.25, 0.3) is 10.9 Å². The van der Waals surface area contributed by atoms with Crippen LogP contribution in [0.1, 0.15) is 24.2 Å². The third-order valence-corrected chi connectivity index (χ3v) is 4.65. The highest BCUT2D eigenvalue weighted by Crippen LogP contribution is 2.18. The summed E-state index contributed by atoms with van der Waals surface area (Å²) in [7, 11) is 0. The van der Waals surface area contributed by atoms with Crippen molar-refractivity contribution >= 4 is 39.4 Å². The molecule has 3 rings (SSSR count). The molecule has 2 atom stereocenters. The lowest BCUT2D eigenvalue weighted by Crippen LogP contribution is -2.53. The molecule has 0 unspecified atom stereocenters. The van der Waals surface area contributed by atoms with E-state index in [0.29, 0.717) is 18.6 Å². The number of hydrogen-bond acceptors (Lipinski definition) is 3. The van der Waals surface area contributed by atoms with Gasteiger partial charge < -0.3 is 14.6 Å². The second-order valence-electron chi connectivity index (χ2n) is 5.67. The maximum absolute atomic E-state index is 12.8. The van der Waals surface area contributed by atoms with E-state index >= 15 is 0 Å². The first-order valence-corrected chi connectivity index (χ1v) is 8.28. The van der Waals surface area contributed by atoms with E-state index in [1.807, 2.05) is 26.0 Å². The Balaban J connectivity index is 2.08. The van der Waals surface area contributed by atoms with Gasteiger partial charge in [0.2, 0.25) is 5.43 Å². The Bertz CT molecular complexity index is 777. The Morgan fingerprint density at radius 3 is 2.68 bits per heavy atom. The highest BCUT2D eigenvalue weighted by Gasteiger charge is 2.31. The molecule has 6 heteroatoms. The van der Waals surface area contributed by atoms with Crippen molar-refractivity contribution in [1.82, 2.24) is 9.88 Å². The van der Waals surface area contributed by atoms with Crippen LogP contribution in [-0.4, -0.2) is 41.1 Å². The number of amides is 1. The Morgan fingerprint density at radius 2 is 2.00 bits per heavy atom. The summed E-state index contributed by atoms with van der Waals surface area (Å²) >= 11 is 2.16. The smallest absolute Gasteiger partial charge is 0.259 e. The minimum atomic E-state index is -0.231. The number of aromatic amines is 1. The SMILES string of the molecule is C[C@@H]1COC[C@H](C)N1C(=O)c1c[nH]c2ccc(I)cc2c1=O. The summed E-state index contributed by atoms with van der Waals surface area (Å²) in [6.45, 7) is 4.87. The number of benzene rings is 1. The first kappa shape index (κ1) is 15.5. The summed E-state index contributed by atoms with van der Waals surface area (Å²) in [5.74, 6) is -0.231. The predicted octanol–water partition coefficient (Wildman–Crippen LogP) is 2.38. The molecule has 2 aromatic rings. The van der Waals surface area contributed by atoms with Gasteiger partial charge in [0.05, 0.1) is 25.3 Å². The fourth-order valence-electron chi connectivity index (χ4n) is 2.89. The van der Waals surface area contributed by atoms with Crippen molar-refractivity contribution in [1.29, 1.82) is 0 Å². The van der Waals surface area contributed by atoms with Gasteiger partial charge in [-0.3, -0.25) is 9.59 Å². The molecule has 0 saturated carbocycles. The zero-order valence-corrected chi connectivity index (χ0v) is 14.6. The van der Waals surface area contributed by atoms with Crippen LogP contribution in [0.5, 0.6) is 0 Å². The molecule has 0 aliphatic carbocycles. The van der Waals surface area contributed by atoms with Crippen molar-refractivity contribution in [3.8, 4) is 0 Å². The number of nitrogens with zero attached hydrogens (tertiary/aromatic N) is 1. The Kier molecular flexibility index (Phi) is 4.22. The van der Waals surface area contributed by atoms with Gasteiger partial charge in [0.25, 0.3) is 5.91 Å². The monoisotopic (exact) mass is 412 g/mol. The molecule has 1 aromatic carbocycles. The highest BCUT2D eigenvalue weighted by atomic mass is 127. The van der Waals surface area contributed by atoms with Gasteiger partial charge in [-0.05, 0) is 54.6 Å². The zero-order chi connectivity index (χ0) is 15.9. The molecule has 0 radical (unpaired) electrons. The molecule has 0 bridgehead atoms. The molecule has 1 aliphatic rings. The molecule has 1 amide bonds.